The van der Waals surface area contributed by atoms with Gasteiger partial charge < -0.3 is 10.1 Å². The van der Waals surface area contributed by atoms with Gasteiger partial charge in [-0.2, -0.15) is 0 Å². The first-order chi connectivity index (χ1) is 7.63. The molecular weight excluding hydrogens is 222 g/mol. The van der Waals surface area contributed by atoms with Gasteiger partial charge in [0.05, 0.1) is 0 Å². The molecule has 0 amide bonds. The average Bonchev–Trinajstić information content (AvgIpc) is 2.28. The zero-order chi connectivity index (χ0) is 12.0. The Hall–Kier alpha value is -0.730. The van der Waals surface area contributed by atoms with Crippen molar-refractivity contribution in [2.75, 3.05) is 13.2 Å². The van der Waals surface area contributed by atoms with E-state index < -0.39 is 0 Å². The molecule has 1 aromatic carbocycles. The standard InChI is InChI=1S/C13H20ClNO/c1-4-11(3)15-7-8-16-13-9-12(14)6-5-10(13)2/h5-6,9,11,15H,4,7-8H2,1-3H3. The third-order valence-electron chi connectivity index (χ3n) is 2.61. The fourth-order valence-corrected chi connectivity index (χ4v) is 1.50. The Morgan fingerprint density at radius 1 is 1.44 bits per heavy atom. The van der Waals surface area contributed by atoms with E-state index in [2.05, 4.69) is 19.2 Å². The monoisotopic (exact) mass is 241 g/mol. The third-order valence-corrected chi connectivity index (χ3v) is 2.85. The molecule has 1 atom stereocenters. The second kappa shape index (κ2) is 6.77. The first-order valence-electron chi connectivity index (χ1n) is 5.75. The highest BCUT2D eigenvalue weighted by molar-refractivity contribution is 6.30. The van der Waals surface area contributed by atoms with Crippen LogP contribution < -0.4 is 10.1 Å². The van der Waals surface area contributed by atoms with Crippen molar-refractivity contribution in [3.8, 4) is 5.75 Å². The van der Waals surface area contributed by atoms with Crippen LogP contribution >= 0.6 is 11.6 Å². The van der Waals surface area contributed by atoms with Gasteiger partial charge in [0.25, 0.3) is 0 Å². The van der Waals surface area contributed by atoms with Gasteiger partial charge in [0.1, 0.15) is 12.4 Å². The summed E-state index contributed by atoms with van der Waals surface area (Å²) in [5, 5.41) is 4.10. The summed E-state index contributed by atoms with van der Waals surface area (Å²) in [5.41, 5.74) is 1.12. The summed E-state index contributed by atoms with van der Waals surface area (Å²) in [4.78, 5) is 0. The lowest BCUT2D eigenvalue weighted by atomic mass is 10.2. The number of ether oxygens (including phenoxy) is 1. The number of aryl methyl sites for hydroxylation is 1. The van der Waals surface area contributed by atoms with E-state index in [1.807, 2.05) is 25.1 Å². The maximum absolute atomic E-state index is 5.91. The van der Waals surface area contributed by atoms with Crippen molar-refractivity contribution in [1.29, 1.82) is 0 Å². The minimum absolute atomic E-state index is 0.545. The fourth-order valence-electron chi connectivity index (χ4n) is 1.34. The number of benzene rings is 1. The molecule has 2 nitrogen and oxygen atoms in total. The van der Waals surface area contributed by atoms with Gasteiger partial charge in [-0.05, 0) is 38.0 Å². The second-order valence-electron chi connectivity index (χ2n) is 4.02. The molecule has 0 aliphatic rings. The smallest absolute Gasteiger partial charge is 0.123 e. The highest BCUT2D eigenvalue weighted by atomic mass is 35.5. The number of nitrogens with one attached hydrogen (secondary N) is 1. The lowest BCUT2D eigenvalue weighted by Gasteiger charge is -2.13. The Morgan fingerprint density at radius 2 is 2.19 bits per heavy atom. The van der Waals surface area contributed by atoms with E-state index >= 15 is 0 Å². The SMILES string of the molecule is CCC(C)NCCOc1cc(Cl)ccc1C. The molecule has 16 heavy (non-hydrogen) atoms. The maximum atomic E-state index is 5.91. The highest BCUT2D eigenvalue weighted by Gasteiger charge is 2.01. The van der Waals surface area contributed by atoms with Crippen LogP contribution in [0.2, 0.25) is 5.02 Å². The molecule has 90 valence electrons. The lowest BCUT2D eigenvalue weighted by molar-refractivity contribution is 0.304. The quantitative estimate of drug-likeness (QED) is 0.771. The predicted molar refractivity (Wildman–Crippen MR) is 69.4 cm³/mol. The minimum Gasteiger partial charge on any atom is -0.492 e. The van der Waals surface area contributed by atoms with Gasteiger partial charge in [-0.15, -0.1) is 0 Å². The van der Waals surface area contributed by atoms with Crippen molar-refractivity contribution >= 4 is 11.6 Å². The van der Waals surface area contributed by atoms with E-state index in [0.29, 0.717) is 12.6 Å². The van der Waals surface area contributed by atoms with Crippen LogP contribution in [-0.4, -0.2) is 19.2 Å². The van der Waals surface area contributed by atoms with Gasteiger partial charge in [0, 0.05) is 17.6 Å². The van der Waals surface area contributed by atoms with Gasteiger partial charge in [0.2, 0.25) is 0 Å². The molecule has 1 rings (SSSR count). The van der Waals surface area contributed by atoms with E-state index in [4.69, 9.17) is 16.3 Å². The molecule has 0 fully saturated rings. The summed E-state index contributed by atoms with van der Waals surface area (Å²) in [6.07, 6.45) is 1.14. The molecule has 0 saturated carbocycles. The molecule has 1 N–H and O–H groups in total. The molecule has 1 aromatic rings. The van der Waals surface area contributed by atoms with Crippen LogP contribution in [0.1, 0.15) is 25.8 Å². The van der Waals surface area contributed by atoms with Gasteiger partial charge in [-0.25, -0.2) is 0 Å². The van der Waals surface area contributed by atoms with E-state index in [-0.39, 0.29) is 0 Å². The van der Waals surface area contributed by atoms with E-state index in [0.717, 1.165) is 29.3 Å². The Morgan fingerprint density at radius 3 is 2.88 bits per heavy atom. The Balaban J connectivity index is 2.34. The molecule has 0 aliphatic carbocycles. The molecule has 0 heterocycles. The normalized spacial score (nSPS) is 12.5. The first-order valence-corrected chi connectivity index (χ1v) is 6.13. The highest BCUT2D eigenvalue weighted by Crippen LogP contribution is 2.22. The van der Waals surface area contributed by atoms with Crippen molar-refractivity contribution in [1.82, 2.24) is 5.32 Å². The molecule has 0 radical (unpaired) electrons. The van der Waals surface area contributed by atoms with Crippen LogP contribution in [0.4, 0.5) is 0 Å². The summed E-state index contributed by atoms with van der Waals surface area (Å²) in [6.45, 7) is 7.89. The van der Waals surface area contributed by atoms with Gasteiger partial charge in [-0.3, -0.25) is 0 Å². The molecule has 0 aromatic heterocycles. The summed E-state index contributed by atoms with van der Waals surface area (Å²) in [6, 6.07) is 6.25. The lowest BCUT2D eigenvalue weighted by Crippen LogP contribution is -2.29. The van der Waals surface area contributed by atoms with Crippen LogP contribution in [0.3, 0.4) is 0 Å². The van der Waals surface area contributed by atoms with Crippen molar-refractivity contribution in [3.63, 3.8) is 0 Å². The zero-order valence-corrected chi connectivity index (χ0v) is 11.0. The van der Waals surface area contributed by atoms with Gasteiger partial charge in [0.15, 0.2) is 0 Å². The van der Waals surface area contributed by atoms with Crippen molar-refractivity contribution < 1.29 is 4.74 Å². The third kappa shape index (κ3) is 4.42. The molecule has 0 spiro atoms. The van der Waals surface area contributed by atoms with Gasteiger partial charge in [-0.1, -0.05) is 24.6 Å². The predicted octanol–water partition coefficient (Wildman–Crippen LogP) is 3.42. The Kier molecular flexibility index (Phi) is 5.64. The molecule has 0 bridgehead atoms. The van der Waals surface area contributed by atoms with Crippen LogP contribution in [0.5, 0.6) is 5.75 Å². The number of halogens is 1. The Labute approximate surface area is 103 Å². The van der Waals surface area contributed by atoms with Gasteiger partial charge >= 0.3 is 0 Å². The molecule has 1 unspecified atom stereocenters. The maximum Gasteiger partial charge on any atom is 0.123 e. The summed E-state index contributed by atoms with van der Waals surface area (Å²) >= 11 is 5.91. The van der Waals surface area contributed by atoms with E-state index in [9.17, 15) is 0 Å². The second-order valence-corrected chi connectivity index (χ2v) is 4.46. The van der Waals surface area contributed by atoms with Crippen molar-refractivity contribution in [2.24, 2.45) is 0 Å². The summed E-state index contributed by atoms with van der Waals surface area (Å²) in [5.74, 6) is 0.874. The molecule has 3 heteroatoms. The van der Waals surface area contributed by atoms with Crippen LogP contribution in [0.15, 0.2) is 18.2 Å². The molecule has 0 aliphatic heterocycles. The fraction of sp³-hybridized carbons (Fsp3) is 0.538. The summed E-state index contributed by atoms with van der Waals surface area (Å²) in [7, 11) is 0. The number of hydrogen-bond donors (Lipinski definition) is 1. The molecule has 0 saturated heterocycles. The van der Waals surface area contributed by atoms with Crippen LogP contribution in [-0.2, 0) is 0 Å². The van der Waals surface area contributed by atoms with Crippen LogP contribution in [0.25, 0.3) is 0 Å². The number of rotatable bonds is 6. The van der Waals surface area contributed by atoms with Crippen LogP contribution in [0, 0.1) is 6.92 Å². The van der Waals surface area contributed by atoms with Crippen molar-refractivity contribution in [2.45, 2.75) is 33.2 Å². The Bertz CT molecular complexity index is 328. The van der Waals surface area contributed by atoms with E-state index in [1.54, 1.807) is 0 Å². The minimum atomic E-state index is 0.545. The topological polar surface area (TPSA) is 21.3 Å². The molecular formula is C13H20ClNO. The van der Waals surface area contributed by atoms with Crippen molar-refractivity contribution in [3.05, 3.63) is 28.8 Å². The first kappa shape index (κ1) is 13.3. The zero-order valence-electron chi connectivity index (χ0n) is 10.2. The van der Waals surface area contributed by atoms with E-state index in [1.165, 1.54) is 0 Å². The number of hydrogen-bond acceptors (Lipinski definition) is 2. The average molecular weight is 242 g/mol. The largest absolute Gasteiger partial charge is 0.492 e. The summed E-state index contributed by atoms with van der Waals surface area (Å²) < 4.78 is 5.67.